The first kappa shape index (κ1) is 11.1. The van der Waals surface area contributed by atoms with Gasteiger partial charge in [-0.25, -0.2) is 0 Å². The molecule has 1 heteroatoms. The Labute approximate surface area is 108 Å². The second kappa shape index (κ2) is 4.70. The molecule has 1 saturated carbocycles. The van der Waals surface area contributed by atoms with Gasteiger partial charge in [0, 0.05) is 11.3 Å². The number of halogens is 1. The first-order valence-electron chi connectivity index (χ1n) is 6.47. The molecule has 0 saturated heterocycles. The van der Waals surface area contributed by atoms with Crippen LogP contribution in [0.1, 0.15) is 37.2 Å². The molecule has 0 heterocycles. The van der Waals surface area contributed by atoms with Crippen LogP contribution < -0.4 is 0 Å². The van der Waals surface area contributed by atoms with Crippen LogP contribution in [0.2, 0.25) is 0 Å². The minimum absolute atomic E-state index is 0.324. The molecule has 2 unspecified atom stereocenters. The van der Waals surface area contributed by atoms with Gasteiger partial charge in [0.15, 0.2) is 0 Å². The second-order valence-corrected chi connectivity index (χ2v) is 5.57. The summed E-state index contributed by atoms with van der Waals surface area (Å²) in [7, 11) is 0. The standard InChI is InChI=1S/C16H17Cl/c17-16-8-4-3-7-15(16)14-10-9-12-5-1-2-6-13(12)11-14/h1-2,5-6,9-11,15-16H,3-4,7-8H2. The normalized spacial score (nSPS) is 25.0. The van der Waals surface area contributed by atoms with Crippen LogP contribution in [0.25, 0.3) is 10.8 Å². The SMILES string of the molecule is ClC1CCCCC1c1ccc2ccccc2c1. The highest BCUT2D eigenvalue weighted by atomic mass is 35.5. The van der Waals surface area contributed by atoms with E-state index >= 15 is 0 Å². The van der Waals surface area contributed by atoms with Gasteiger partial charge in [-0.2, -0.15) is 0 Å². The van der Waals surface area contributed by atoms with Crippen molar-refractivity contribution in [3.63, 3.8) is 0 Å². The van der Waals surface area contributed by atoms with Gasteiger partial charge in [0.1, 0.15) is 0 Å². The van der Waals surface area contributed by atoms with Crippen molar-refractivity contribution in [2.24, 2.45) is 0 Å². The van der Waals surface area contributed by atoms with E-state index in [-0.39, 0.29) is 0 Å². The molecular formula is C16H17Cl. The first-order chi connectivity index (χ1) is 8.34. The molecular weight excluding hydrogens is 228 g/mol. The Bertz CT molecular complexity index is 518. The Morgan fingerprint density at radius 1 is 0.882 bits per heavy atom. The van der Waals surface area contributed by atoms with E-state index in [1.807, 2.05) is 0 Å². The van der Waals surface area contributed by atoms with E-state index in [1.165, 1.54) is 42.0 Å². The summed E-state index contributed by atoms with van der Waals surface area (Å²) in [4.78, 5) is 0. The quantitative estimate of drug-likeness (QED) is 0.612. The van der Waals surface area contributed by atoms with Crippen LogP contribution in [0.3, 0.4) is 0 Å². The van der Waals surface area contributed by atoms with Crippen molar-refractivity contribution < 1.29 is 0 Å². The molecule has 88 valence electrons. The molecule has 2 aromatic carbocycles. The van der Waals surface area contributed by atoms with Crippen molar-refractivity contribution in [2.75, 3.05) is 0 Å². The molecule has 0 bridgehead atoms. The predicted octanol–water partition coefficient (Wildman–Crippen LogP) is 5.10. The summed E-state index contributed by atoms with van der Waals surface area (Å²) >= 11 is 6.47. The van der Waals surface area contributed by atoms with Crippen LogP contribution in [-0.4, -0.2) is 5.38 Å². The summed E-state index contributed by atoms with van der Waals surface area (Å²) < 4.78 is 0. The van der Waals surface area contributed by atoms with Crippen molar-refractivity contribution in [2.45, 2.75) is 37.0 Å². The predicted molar refractivity (Wildman–Crippen MR) is 74.8 cm³/mol. The van der Waals surface area contributed by atoms with E-state index in [0.717, 1.165) is 0 Å². The van der Waals surface area contributed by atoms with Gasteiger partial charge in [-0.3, -0.25) is 0 Å². The summed E-state index contributed by atoms with van der Waals surface area (Å²) in [5.41, 5.74) is 1.42. The zero-order chi connectivity index (χ0) is 11.7. The second-order valence-electron chi connectivity index (χ2n) is 5.01. The monoisotopic (exact) mass is 244 g/mol. The third-order valence-corrected chi connectivity index (χ3v) is 4.41. The van der Waals surface area contributed by atoms with Crippen LogP contribution in [0.4, 0.5) is 0 Å². The van der Waals surface area contributed by atoms with E-state index in [2.05, 4.69) is 42.5 Å². The Kier molecular flexibility index (Phi) is 3.07. The lowest BCUT2D eigenvalue weighted by molar-refractivity contribution is 0.451. The summed E-state index contributed by atoms with van der Waals surface area (Å²) in [6.45, 7) is 0. The fourth-order valence-electron chi connectivity index (χ4n) is 2.90. The number of alkyl halides is 1. The molecule has 1 aliphatic rings. The number of hydrogen-bond donors (Lipinski definition) is 0. The zero-order valence-electron chi connectivity index (χ0n) is 9.90. The smallest absolute Gasteiger partial charge is 0.0404 e. The number of hydrogen-bond acceptors (Lipinski definition) is 0. The van der Waals surface area contributed by atoms with Gasteiger partial charge in [0.05, 0.1) is 0 Å². The molecule has 2 atom stereocenters. The lowest BCUT2D eigenvalue weighted by atomic mass is 9.83. The highest BCUT2D eigenvalue weighted by Crippen LogP contribution is 2.37. The van der Waals surface area contributed by atoms with E-state index in [9.17, 15) is 0 Å². The Balaban J connectivity index is 1.99. The van der Waals surface area contributed by atoms with Gasteiger partial charge < -0.3 is 0 Å². The fraction of sp³-hybridized carbons (Fsp3) is 0.375. The first-order valence-corrected chi connectivity index (χ1v) is 6.91. The maximum Gasteiger partial charge on any atom is 0.0404 e. The number of benzene rings is 2. The molecule has 0 aliphatic heterocycles. The van der Waals surface area contributed by atoms with Gasteiger partial charge >= 0.3 is 0 Å². The average Bonchev–Trinajstić information content (AvgIpc) is 2.39. The average molecular weight is 245 g/mol. The molecule has 0 spiro atoms. The van der Waals surface area contributed by atoms with Crippen LogP contribution in [0.15, 0.2) is 42.5 Å². The van der Waals surface area contributed by atoms with Gasteiger partial charge in [0.2, 0.25) is 0 Å². The van der Waals surface area contributed by atoms with Crippen molar-refractivity contribution >= 4 is 22.4 Å². The third-order valence-electron chi connectivity index (χ3n) is 3.88. The molecule has 17 heavy (non-hydrogen) atoms. The fourth-order valence-corrected chi connectivity index (χ4v) is 3.33. The van der Waals surface area contributed by atoms with Crippen LogP contribution >= 0.6 is 11.6 Å². The van der Waals surface area contributed by atoms with Gasteiger partial charge in [-0.05, 0) is 29.2 Å². The molecule has 0 radical (unpaired) electrons. The van der Waals surface area contributed by atoms with E-state index in [4.69, 9.17) is 11.6 Å². The third kappa shape index (κ3) is 2.19. The molecule has 3 rings (SSSR count). The molecule has 2 aromatic rings. The van der Waals surface area contributed by atoms with Crippen LogP contribution in [0.5, 0.6) is 0 Å². The van der Waals surface area contributed by atoms with E-state index in [0.29, 0.717) is 11.3 Å². The molecule has 0 amide bonds. The summed E-state index contributed by atoms with van der Waals surface area (Å²) in [6.07, 6.45) is 5.02. The van der Waals surface area contributed by atoms with Gasteiger partial charge in [-0.15, -0.1) is 11.6 Å². The van der Waals surface area contributed by atoms with Crippen LogP contribution in [-0.2, 0) is 0 Å². The van der Waals surface area contributed by atoms with Crippen molar-refractivity contribution in [1.29, 1.82) is 0 Å². The molecule has 0 N–H and O–H groups in total. The topological polar surface area (TPSA) is 0 Å². The minimum atomic E-state index is 0.324. The van der Waals surface area contributed by atoms with Crippen molar-refractivity contribution in [3.8, 4) is 0 Å². The highest BCUT2D eigenvalue weighted by Gasteiger charge is 2.24. The number of fused-ring (bicyclic) bond motifs is 1. The summed E-state index contributed by atoms with van der Waals surface area (Å²) in [5.74, 6) is 0.551. The number of rotatable bonds is 1. The van der Waals surface area contributed by atoms with E-state index < -0.39 is 0 Å². The Morgan fingerprint density at radius 2 is 1.65 bits per heavy atom. The Hall–Kier alpha value is -1.01. The zero-order valence-corrected chi connectivity index (χ0v) is 10.7. The molecule has 0 nitrogen and oxygen atoms in total. The van der Waals surface area contributed by atoms with Gasteiger partial charge in [0.25, 0.3) is 0 Å². The Morgan fingerprint density at radius 3 is 2.47 bits per heavy atom. The lowest BCUT2D eigenvalue weighted by Crippen LogP contribution is -2.17. The maximum absolute atomic E-state index is 6.47. The highest BCUT2D eigenvalue weighted by molar-refractivity contribution is 6.21. The van der Waals surface area contributed by atoms with Crippen molar-refractivity contribution in [1.82, 2.24) is 0 Å². The van der Waals surface area contributed by atoms with Crippen LogP contribution in [0, 0.1) is 0 Å². The molecule has 1 aliphatic carbocycles. The minimum Gasteiger partial charge on any atom is -0.122 e. The maximum atomic E-state index is 6.47. The molecule has 1 fully saturated rings. The molecule has 0 aromatic heterocycles. The summed E-state index contributed by atoms with van der Waals surface area (Å²) in [6, 6.07) is 15.3. The summed E-state index contributed by atoms with van der Waals surface area (Å²) in [5, 5.41) is 2.97. The largest absolute Gasteiger partial charge is 0.122 e. The lowest BCUT2D eigenvalue weighted by Gasteiger charge is -2.27. The van der Waals surface area contributed by atoms with Gasteiger partial charge in [-0.1, -0.05) is 55.3 Å². The van der Waals surface area contributed by atoms with E-state index in [1.54, 1.807) is 0 Å². The van der Waals surface area contributed by atoms with Crippen molar-refractivity contribution in [3.05, 3.63) is 48.0 Å².